The molecule has 2 saturated heterocycles. The Kier molecular flexibility index (Phi) is 6.98. The predicted molar refractivity (Wildman–Crippen MR) is 101 cm³/mol. The van der Waals surface area contributed by atoms with Crippen molar-refractivity contribution in [3.05, 3.63) is 35.9 Å². The highest BCUT2D eigenvalue weighted by Gasteiger charge is 2.30. The largest absolute Gasteiger partial charge is 0.378 e. The molecule has 0 bridgehead atoms. The number of rotatable bonds is 6. The summed E-state index contributed by atoms with van der Waals surface area (Å²) >= 11 is 0. The van der Waals surface area contributed by atoms with Crippen LogP contribution in [0.4, 0.5) is 0 Å². The van der Waals surface area contributed by atoms with Crippen LogP contribution in [0.1, 0.15) is 42.5 Å². The molecule has 0 atom stereocenters. The van der Waals surface area contributed by atoms with Crippen LogP contribution in [0.5, 0.6) is 0 Å². The number of piperidine rings is 1. The van der Waals surface area contributed by atoms with Gasteiger partial charge in [-0.05, 0) is 19.3 Å². The maximum atomic E-state index is 12.5. The number of likely N-dealkylation sites (tertiary alicyclic amines) is 1. The van der Waals surface area contributed by atoms with Gasteiger partial charge in [-0.15, -0.1) is 0 Å². The number of morpholine rings is 1. The first-order valence-electron chi connectivity index (χ1n) is 9.87. The molecule has 0 saturated carbocycles. The molecule has 0 aliphatic carbocycles. The fourth-order valence-corrected chi connectivity index (χ4v) is 3.74. The molecule has 0 aromatic heterocycles. The lowest BCUT2D eigenvalue weighted by Crippen LogP contribution is -2.47. The first-order chi connectivity index (χ1) is 13.1. The third kappa shape index (κ3) is 5.39. The van der Waals surface area contributed by atoms with Crippen LogP contribution in [-0.2, 0) is 14.3 Å². The number of nitrogens with zero attached hydrogens (tertiary/aromatic N) is 2. The summed E-state index contributed by atoms with van der Waals surface area (Å²) in [6, 6.07) is 9.19. The van der Waals surface area contributed by atoms with Crippen molar-refractivity contribution >= 4 is 17.6 Å². The van der Waals surface area contributed by atoms with E-state index in [4.69, 9.17) is 4.74 Å². The molecular formula is C21H28N2O4. The lowest BCUT2D eigenvalue weighted by atomic mass is 9.94. The highest BCUT2D eigenvalue weighted by Crippen LogP contribution is 2.21. The number of hydrogen-bond acceptors (Lipinski definition) is 4. The van der Waals surface area contributed by atoms with E-state index < -0.39 is 0 Å². The standard InChI is InChI=1S/C21H28N2O4/c24-19(17-5-2-1-3-6-17)7-4-8-20(25)22-11-9-18(10-12-22)21(26)23-13-15-27-16-14-23/h1-3,5-6,18H,4,7-16H2. The molecule has 0 radical (unpaired) electrons. The van der Waals surface area contributed by atoms with Gasteiger partial charge in [-0.2, -0.15) is 0 Å². The SMILES string of the molecule is O=C(CCCC(=O)N1CCC(C(=O)N2CCOCC2)CC1)c1ccccc1. The molecule has 6 nitrogen and oxygen atoms in total. The van der Waals surface area contributed by atoms with E-state index in [1.165, 1.54) is 0 Å². The van der Waals surface area contributed by atoms with Gasteiger partial charge in [0, 0.05) is 50.5 Å². The van der Waals surface area contributed by atoms with Crippen molar-refractivity contribution in [3.63, 3.8) is 0 Å². The molecule has 2 amide bonds. The zero-order valence-electron chi connectivity index (χ0n) is 15.8. The van der Waals surface area contributed by atoms with Gasteiger partial charge in [0.25, 0.3) is 0 Å². The lowest BCUT2D eigenvalue weighted by Gasteiger charge is -2.35. The van der Waals surface area contributed by atoms with Crippen molar-refractivity contribution in [2.45, 2.75) is 32.1 Å². The van der Waals surface area contributed by atoms with Gasteiger partial charge in [-0.25, -0.2) is 0 Å². The van der Waals surface area contributed by atoms with Crippen LogP contribution in [0.15, 0.2) is 30.3 Å². The van der Waals surface area contributed by atoms with E-state index in [1.54, 1.807) is 12.1 Å². The minimum Gasteiger partial charge on any atom is -0.378 e. The summed E-state index contributed by atoms with van der Waals surface area (Å²) < 4.78 is 5.30. The van der Waals surface area contributed by atoms with E-state index in [2.05, 4.69) is 0 Å². The molecule has 2 aliphatic heterocycles. The second-order valence-electron chi connectivity index (χ2n) is 7.24. The molecule has 1 aromatic rings. The first kappa shape index (κ1) is 19.5. The predicted octanol–water partition coefficient (Wildman–Crippen LogP) is 2.14. The second-order valence-corrected chi connectivity index (χ2v) is 7.24. The topological polar surface area (TPSA) is 66.9 Å². The van der Waals surface area contributed by atoms with E-state index in [0.29, 0.717) is 64.2 Å². The summed E-state index contributed by atoms with van der Waals surface area (Å²) in [5.74, 6) is 0.400. The number of amides is 2. The van der Waals surface area contributed by atoms with Crippen molar-refractivity contribution in [1.82, 2.24) is 9.80 Å². The highest BCUT2D eigenvalue weighted by atomic mass is 16.5. The first-order valence-corrected chi connectivity index (χ1v) is 9.87. The van der Waals surface area contributed by atoms with Crippen molar-refractivity contribution in [2.24, 2.45) is 5.92 Å². The summed E-state index contributed by atoms with van der Waals surface area (Å²) in [7, 11) is 0. The molecule has 2 heterocycles. The molecule has 1 aromatic carbocycles. The minimum atomic E-state index is 0.0202. The molecule has 0 N–H and O–H groups in total. The Morgan fingerprint density at radius 3 is 2.22 bits per heavy atom. The van der Waals surface area contributed by atoms with Gasteiger partial charge in [-0.3, -0.25) is 14.4 Å². The number of carbonyl (C=O) groups is 3. The lowest BCUT2D eigenvalue weighted by molar-refractivity contribution is -0.143. The quantitative estimate of drug-likeness (QED) is 0.718. The van der Waals surface area contributed by atoms with Crippen LogP contribution < -0.4 is 0 Å². The Bertz CT molecular complexity index is 647. The minimum absolute atomic E-state index is 0.0202. The number of ether oxygens (including phenoxy) is 1. The van der Waals surface area contributed by atoms with Crippen LogP contribution in [0.2, 0.25) is 0 Å². The number of benzene rings is 1. The average molecular weight is 372 g/mol. The van der Waals surface area contributed by atoms with Crippen molar-refractivity contribution in [1.29, 1.82) is 0 Å². The van der Waals surface area contributed by atoms with Crippen molar-refractivity contribution in [3.8, 4) is 0 Å². The van der Waals surface area contributed by atoms with Gasteiger partial charge >= 0.3 is 0 Å². The van der Waals surface area contributed by atoms with Gasteiger partial charge in [-0.1, -0.05) is 30.3 Å². The van der Waals surface area contributed by atoms with Gasteiger partial charge in [0.05, 0.1) is 13.2 Å². The molecule has 0 spiro atoms. The third-order valence-electron chi connectivity index (χ3n) is 5.41. The highest BCUT2D eigenvalue weighted by molar-refractivity contribution is 5.96. The molecule has 2 fully saturated rings. The van der Waals surface area contributed by atoms with Crippen molar-refractivity contribution in [2.75, 3.05) is 39.4 Å². The molecule has 27 heavy (non-hydrogen) atoms. The Balaban J connectivity index is 1.37. The smallest absolute Gasteiger partial charge is 0.225 e. The Hall–Kier alpha value is -2.21. The van der Waals surface area contributed by atoms with E-state index in [-0.39, 0.29) is 23.5 Å². The normalized spacial score (nSPS) is 18.4. The van der Waals surface area contributed by atoms with Gasteiger partial charge in [0.2, 0.25) is 11.8 Å². The molecular weight excluding hydrogens is 344 g/mol. The van der Waals surface area contributed by atoms with E-state index in [1.807, 2.05) is 28.0 Å². The zero-order chi connectivity index (χ0) is 19.1. The summed E-state index contributed by atoms with van der Waals surface area (Å²) in [6.45, 7) is 3.84. The Morgan fingerprint density at radius 2 is 1.56 bits per heavy atom. The second kappa shape index (κ2) is 9.65. The summed E-state index contributed by atoms with van der Waals surface area (Å²) in [5, 5.41) is 0. The van der Waals surface area contributed by atoms with Crippen LogP contribution in [0.3, 0.4) is 0 Å². The van der Waals surface area contributed by atoms with Crippen LogP contribution in [-0.4, -0.2) is 66.8 Å². The summed E-state index contributed by atoms with van der Waals surface area (Å²) in [5.41, 5.74) is 0.701. The molecule has 0 unspecified atom stereocenters. The molecule has 146 valence electrons. The van der Waals surface area contributed by atoms with Gasteiger partial charge in [0.15, 0.2) is 5.78 Å². The van der Waals surface area contributed by atoms with E-state index in [0.717, 1.165) is 12.8 Å². The number of hydrogen-bond donors (Lipinski definition) is 0. The fraction of sp³-hybridized carbons (Fsp3) is 0.571. The molecule has 2 aliphatic rings. The average Bonchev–Trinajstić information content (AvgIpc) is 2.74. The Labute approximate surface area is 160 Å². The Morgan fingerprint density at radius 1 is 0.889 bits per heavy atom. The third-order valence-corrected chi connectivity index (χ3v) is 5.41. The fourth-order valence-electron chi connectivity index (χ4n) is 3.74. The number of carbonyl (C=O) groups excluding carboxylic acids is 3. The maximum absolute atomic E-state index is 12.5. The van der Waals surface area contributed by atoms with Gasteiger partial charge < -0.3 is 14.5 Å². The summed E-state index contributed by atoms with van der Waals surface area (Å²) in [4.78, 5) is 40.8. The molecule has 6 heteroatoms. The van der Waals surface area contributed by atoms with E-state index in [9.17, 15) is 14.4 Å². The number of Topliss-reactive ketones (excluding diaryl/α,β-unsaturated/α-hetero) is 1. The zero-order valence-corrected chi connectivity index (χ0v) is 15.8. The van der Waals surface area contributed by atoms with Crippen LogP contribution in [0, 0.1) is 5.92 Å². The summed E-state index contributed by atoms with van der Waals surface area (Å²) in [6.07, 6.45) is 2.80. The van der Waals surface area contributed by atoms with Crippen LogP contribution >= 0.6 is 0 Å². The monoisotopic (exact) mass is 372 g/mol. The van der Waals surface area contributed by atoms with Crippen molar-refractivity contribution < 1.29 is 19.1 Å². The maximum Gasteiger partial charge on any atom is 0.225 e. The van der Waals surface area contributed by atoms with E-state index >= 15 is 0 Å². The molecule has 3 rings (SSSR count). The van der Waals surface area contributed by atoms with Gasteiger partial charge in [0.1, 0.15) is 0 Å². The number of ketones is 1. The van der Waals surface area contributed by atoms with Crippen LogP contribution in [0.25, 0.3) is 0 Å².